The first-order valence-electron chi connectivity index (χ1n) is 5.94. The molecule has 0 bridgehead atoms. The molecular formula is C13H28O2. The standard InChI is InChI=1S/C13H28O2/c1-11(2)13(4,10-15-6)8-7-12(3)9-14-5/h11-12H,7-10H2,1-6H3. The molecule has 0 rings (SSSR count). The molecular weight excluding hydrogens is 188 g/mol. The van der Waals surface area contributed by atoms with Gasteiger partial charge in [-0.05, 0) is 30.1 Å². The molecule has 2 nitrogen and oxygen atoms in total. The lowest BCUT2D eigenvalue weighted by molar-refractivity contribution is 0.0414. The Hall–Kier alpha value is -0.0800. The first-order valence-corrected chi connectivity index (χ1v) is 5.94. The fourth-order valence-electron chi connectivity index (χ4n) is 1.80. The topological polar surface area (TPSA) is 18.5 Å². The van der Waals surface area contributed by atoms with E-state index in [4.69, 9.17) is 9.47 Å². The van der Waals surface area contributed by atoms with E-state index in [0.717, 1.165) is 13.2 Å². The molecule has 92 valence electrons. The molecule has 0 spiro atoms. The van der Waals surface area contributed by atoms with Gasteiger partial charge in [-0.15, -0.1) is 0 Å². The molecule has 0 aromatic rings. The fourth-order valence-corrected chi connectivity index (χ4v) is 1.80. The Balaban J connectivity index is 4.06. The van der Waals surface area contributed by atoms with Gasteiger partial charge in [0.1, 0.15) is 0 Å². The number of hydrogen-bond donors (Lipinski definition) is 0. The van der Waals surface area contributed by atoms with Crippen molar-refractivity contribution in [2.24, 2.45) is 17.3 Å². The second-order valence-electron chi connectivity index (χ2n) is 5.34. The summed E-state index contributed by atoms with van der Waals surface area (Å²) in [4.78, 5) is 0. The lowest BCUT2D eigenvalue weighted by Crippen LogP contribution is -2.29. The Kier molecular flexibility index (Phi) is 7.20. The van der Waals surface area contributed by atoms with Crippen LogP contribution in [0.1, 0.15) is 40.5 Å². The summed E-state index contributed by atoms with van der Waals surface area (Å²) in [6.07, 6.45) is 2.43. The summed E-state index contributed by atoms with van der Waals surface area (Å²) in [5.41, 5.74) is 0.302. The van der Waals surface area contributed by atoms with E-state index in [0.29, 0.717) is 17.3 Å². The van der Waals surface area contributed by atoms with E-state index in [1.54, 1.807) is 14.2 Å². The van der Waals surface area contributed by atoms with Crippen LogP contribution in [0.4, 0.5) is 0 Å². The van der Waals surface area contributed by atoms with E-state index in [1.165, 1.54) is 12.8 Å². The van der Waals surface area contributed by atoms with Crippen LogP contribution in [0.25, 0.3) is 0 Å². The van der Waals surface area contributed by atoms with Crippen molar-refractivity contribution < 1.29 is 9.47 Å². The summed E-state index contributed by atoms with van der Waals surface area (Å²) in [5, 5.41) is 0. The van der Waals surface area contributed by atoms with E-state index in [2.05, 4.69) is 27.7 Å². The zero-order chi connectivity index (χ0) is 11.9. The van der Waals surface area contributed by atoms with Gasteiger partial charge in [-0.3, -0.25) is 0 Å². The third-order valence-electron chi connectivity index (χ3n) is 3.53. The lowest BCUT2D eigenvalue weighted by Gasteiger charge is -2.34. The van der Waals surface area contributed by atoms with Gasteiger partial charge in [-0.1, -0.05) is 27.7 Å². The molecule has 2 heteroatoms. The number of rotatable bonds is 8. The first-order chi connectivity index (χ1) is 6.96. The van der Waals surface area contributed by atoms with Crippen LogP contribution >= 0.6 is 0 Å². The van der Waals surface area contributed by atoms with Crippen molar-refractivity contribution in [3.8, 4) is 0 Å². The molecule has 2 atom stereocenters. The second kappa shape index (κ2) is 7.24. The maximum absolute atomic E-state index is 5.33. The van der Waals surface area contributed by atoms with Crippen LogP contribution in [-0.4, -0.2) is 27.4 Å². The van der Waals surface area contributed by atoms with Crippen LogP contribution in [0.5, 0.6) is 0 Å². The molecule has 0 aliphatic heterocycles. The minimum Gasteiger partial charge on any atom is -0.384 e. The zero-order valence-electron chi connectivity index (χ0n) is 11.3. The summed E-state index contributed by atoms with van der Waals surface area (Å²) < 4.78 is 10.5. The normalized spacial score (nSPS) is 17.8. The molecule has 0 saturated carbocycles. The van der Waals surface area contributed by atoms with Gasteiger partial charge in [-0.25, -0.2) is 0 Å². The van der Waals surface area contributed by atoms with Gasteiger partial charge in [0.25, 0.3) is 0 Å². The van der Waals surface area contributed by atoms with Gasteiger partial charge < -0.3 is 9.47 Å². The average molecular weight is 216 g/mol. The van der Waals surface area contributed by atoms with Gasteiger partial charge >= 0.3 is 0 Å². The Morgan fingerprint density at radius 1 is 1.07 bits per heavy atom. The Labute approximate surface area is 95.3 Å². The molecule has 0 N–H and O–H groups in total. The van der Waals surface area contributed by atoms with Crippen LogP contribution in [0.15, 0.2) is 0 Å². The lowest BCUT2D eigenvalue weighted by atomic mass is 9.75. The van der Waals surface area contributed by atoms with Crippen molar-refractivity contribution in [2.45, 2.75) is 40.5 Å². The third-order valence-corrected chi connectivity index (χ3v) is 3.53. The molecule has 0 fully saturated rings. The summed E-state index contributed by atoms with van der Waals surface area (Å²) in [5.74, 6) is 1.30. The van der Waals surface area contributed by atoms with E-state index in [1.807, 2.05) is 0 Å². The minimum atomic E-state index is 0.302. The summed E-state index contributed by atoms with van der Waals surface area (Å²) in [7, 11) is 3.56. The van der Waals surface area contributed by atoms with Crippen LogP contribution in [0.3, 0.4) is 0 Å². The highest BCUT2D eigenvalue weighted by Gasteiger charge is 2.28. The first kappa shape index (κ1) is 14.9. The highest BCUT2D eigenvalue weighted by Crippen LogP contribution is 2.33. The number of hydrogen-bond acceptors (Lipinski definition) is 2. The Bertz CT molecular complexity index is 157. The van der Waals surface area contributed by atoms with Gasteiger partial charge in [0.05, 0.1) is 6.61 Å². The fraction of sp³-hybridized carbons (Fsp3) is 1.00. The Morgan fingerprint density at radius 3 is 2.07 bits per heavy atom. The molecule has 0 radical (unpaired) electrons. The molecule has 0 aliphatic carbocycles. The third kappa shape index (κ3) is 5.53. The maximum atomic E-state index is 5.33. The Morgan fingerprint density at radius 2 is 1.67 bits per heavy atom. The molecule has 2 unspecified atom stereocenters. The molecule has 0 heterocycles. The predicted molar refractivity (Wildman–Crippen MR) is 65.1 cm³/mol. The molecule has 0 amide bonds. The predicted octanol–water partition coefficient (Wildman–Crippen LogP) is 3.36. The van der Waals surface area contributed by atoms with E-state index >= 15 is 0 Å². The molecule has 0 aromatic carbocycles. The maximum Gasteiger partial charge on any atom is 0.0518 e. The van der Waals surface area contributed by atoms with Crippen molar-refractivity contribution in [2.75, 3.05) is 27.4 Å². The summed E-state index contributed by atoms with van der Waals surface area (Å²) in [6.45, 7) is 10.8. The van der Waals surface area contributed by atoms with Crippen molar-refractivity contribution in [1.29, 1.82) is 0 Å². The van der Waals surface area contributed by atoms with Crippen molar-refractivity contribution >= 4 is 0 Å². The van der Waals surface area contributed by atoms with Crippen LogP contribution in [0, 0.1) is 17.3 Å². The molecule has 0 aromatic heterocycles. The van der Waals surface area contributed by atoms with E-state index in [9.17, 15) is 0 Å². The van der Waals surface area contributed by atoms with E-state index < -0.39 is 0 Å². The van der Waals surface area contributed by atoms with Gasteiger partial charge in [-0.2, -0.15) is 0 Å². The monoisotopic (exact) mass is 216 g/mol. The van der Waals surface area contributed by atoms with Crippen molar-refractivity contribution in [3.63, 3.8) is 0 Å². The van der Waals surface area contributed by atoms with Crippen molar-refractivity contribution in [3.05, 3.63) is 0 Å². The summed E-state index contributed by atoms with van der Waals surface area (Å²) in [6, 6.07) is 0. The largest absolute Gasteiger partial charge is 0.384 e. The smallest absolute Gasteiger partial charge is 0.0518 e. The quantitative estimate of drug-likeness (QED) is 0.619. The minimum absolute atomic E-state index is 0.302. The van der Waals surface area contributed by atoms with Gasteiger partial charge in [0.2, 0.25) is 0 Å². The zero-order valence-corrected chi connectivity index (χ0v) is 11.3. The highest BCUT2D eigenvalue weighted by molar-refractivity contribution is 4.78. The van der Waals surface area contributed by atoms with Crippen molar-refractivity contribution in [1.82, 2.24) is 0 Å². The SMILES string of the molecule is COCC(C)CCC(C)(COC)C(C)C. The number of ether oxygens (including phenoxy) is 2. The molecule has 0 saturated heterocycles. The van der Waals surface area contributed by atoms with Gasteiger partial charge in [0, 0.05) is 20.8 Å². The number of methoxy groups -OCH3 is 2. The van der Waals surface area contributed by atoms with Crippen LogP contribution < -0.4 is 0 Å². The van der Waals surface area contributed by atoms with E-state index in [-0.39, 0.29) is 0 Å². The van der Waals surface area contributed by atoms with Crippen LogP contribution in [0.2, 0.25) is 0 Å². The van der Waals surface area contributed by atoms with Crippen LogP contribution in [-0.2, 0) is 9.47 Å². The van der Waals surface area contributed by atoms with Gasteiger partial charge in [0.15, 0.2) is 0 Å². The average Bonchev–Trinajstić information content (AvgIpc) is 2.15. The second-order valence-corrected chi connectivity index (χ2v) is 5.34. The molecule has 0 aliphatic rings. The molecule has 15 heavy (non-hydrogen) atoms. The highest BCUT2D eigenvalue weighted by atomic mass is 16.5. The summed E-state index contributed by atoms with van der Waals surface area (Å²) >= 11 is 0.